The lowest BCUT2D eigenvalue weighted by atomic mass is 10.1. The van der Waals surface area contributed by atoms with Gasteiger partial charge < -0.3 is 0 Å². The second-order valence-electron chi connectivity index (χ2n) is 6.43. The Hall–Kier alpha value is -3.25. The first-order valence-corrected chi connectivity index (χ1v) is 10.1. The molecule has 0 aliphatic carbocycles. The lowest BCUT2D eigenvalue weighted by Crippen LogP contribution is -2.07. The molecule has 29 heavy (non-hydrogen) atoms. The summed E-state index contributed by atoms with van der Waals surface area (Å²) in [4.78, 5) is 12.8. The lowest BCUT2D eigenvalue weighted by molar-refractivity contribution is 0.103. The van der Waals surface area contributed by atoms with Crippen LogP contribution in [0.1, 0.15) is 23.0 Å². The molecular formula is C23H19BrN4O. The predicted molar refractivity (Wildman–Crippen MR) is 118 cm³/mol. The molecule has 2 aromatic carbocycles. The highest BCUT2D eigenvalue weighted by Crippen LogP contribution is 2.25. The molecule has 0 aliphatic heterocycles. The Kier molecular flexibility index (Phi) is 5.53. The lowest BCUT2D eigenvalue weighted by Gasteiger charge is -2.01. The number of nitrogens with zero attached hydrogens (tertiary/aromatic N) is 4. The van der Waals surface area contributed by atoms with Crippen LogP contribution in [0.2, 0.25) is 0 Å². The summed E-state index contributed by atoms with van der Waals surface area (Å²) >= 11 is 3.42. The van der Waals surface area contributed by atoms with Crippen molar-refractivity contribution >= 4 is 27.8 Å². The van der Waals surface area contributed by atoms with Gasteiger partial charge in [-0.3, -0.25) is 9.48 Å². The highest BCUT2D eigenvalue weighted by atomic mass is 79.9. The third-order valence-electron chi connectivity index (χ3n) is 4.55. The van der Waals surface area contributed by atoms with E-state index in [1.807, 2.05) is 84.5 Å². The van der Waals surface area contributed by atoms with Crippen LogP contribution < -0.4 is 0 Å². The van der Waals surface area contributed by atoms with Crippen LogP contribution in [0.4, 0.5) is 0 Å². The molecule has 4 aromatic rings. The Morgan fingerprint density at radius 3 is 2.45 bits per heavy atom. The summed E-state index contributed by atoms with van der Waals surface area (Å²) in [6, 6.07) is 19.9. The number of benzene rings is 2. The fourth-order valence-electron chi connectivity index (χ4n) is 3.13. The van der Waals surface area contributed by atoms with Crippen molar-refractivity contribution in [3.63, 3.8) is 0 Å². The van der Waals surface area contributed by atoms with E-state index in [1.165, 1.54) is 0 Å². The summed E-state index contributed by atoms with van der Waals surface area (Å²) in [6.07, 6.45) is 6.98. The number of carbonyl (C=O) groups excluding carboxylic acids is 1. The van der Waals surface area contributed by atoms with Crippen LogP contribution in [-0.2, 0) is 6.54 Å². The van der Waals surface area contributed by atoms with E-state index in [0.29, 0.717) is 16.7 Å². The number of carbonyl (C=O) groups is 1. The molecule has 2 aromatic heterocycles. The Morgan fingerprint density at radius 1 is 1.07 bits per heavy atom. The smallest absolute Gasteiger partial charge is 0.205 e. The molecule has 0 spiro atoms. The Morgan fingerprint density at radius 2 is 1.76 bits per heavy atom. The minimum atomic E-state index is -0.109. The molecular weight excluding hydrogens is 428 g/mol. The van der Waals surface area contributed by atoms with Gasteiger partial charge in [0.1, 0.15) is 5.69 Å². The Bertz CT molecular complexity index is 1160. The van der Waals surface area contributed by atoms with Crippen LogP contribution in [-0.4, -0.2) is 25.3 Å². The Balaban J connectivity index is 1.74. The quantitative estimate of drug-likeness (QED) is 0.293. The van der Waals surface area contributed by atoms with Crippen molar-refractivity contribution in [3.05, 3.63) is 94.9 Å². The van der Waals surface area contributed by atoms with E-state index in [4.69, 9.17) is 5.10 Å². The molecule has 5 nitrogen and oxygen atoms in total. The summed E-state index contributed by atoms with van der Waals surface area (Å²) in [5, 5.41) is 8.99. The summed E-state index contributed by atoms with van der Waals surface area (Å²) in [5.41, 5.74) is 4.19. The number of rotatable bonds is 6. The zero-order chi connectivity index (χ0) is 20.2. The summed E-state index contributed by atoms with van der Waals surface area (Å²) in [7, 11) is 0. The maximum absolute atomic E-state index is 12.8. The fraction of sp³-hybridized carbons (Fsp3) is 0.0870. The second kappa shape index (κ2) is 8.41. The minimum absolute atomic E-state index is 0.109. The number of ketones is 1. The van der Waals surface area contributed by atoms with Gasteiger partial charge in [0.25, 0.3) is 0 Å². The zero-order valence-electron chi connectivity index (χ0n) is 15.9. The third-order valence-corrected chi connectivity index (χ3v) is 5.13. The van der Waals surface area contributed by atoms with E-state index in [-0.39, 0.29) is 5.78 Å². The van der Waals surface area contributed by atoms with E-state index in [1.54, 1.807) is 17.0 Å². The normalized spacial score (nSPS) is 11.2. The highest BCUT2D eigenvalue weighted by Gasteiger charge is 2.15. The van der Waals surface area contributed by atoms with Crippen molar-refractivity contribution in [2.75, 3.05) is 0 Å². The first kappa shape index (κ1) is 19.1. The number of hydrogen-bond acceptors (Lipinski definition) is 3. The molecule has 4 rings (SSSR count). The van der Waals surface area contributed by atoms with Gasteiger partial charge in [-0.1, -0.05) is 48.5 Å². The van der Waals surface area contributed by atoms with Gasteiger partial charge in [-0.25, -0.2) is 4.68 Å². The van der Waals surface area contributed by atoms with Crippen molar-refractivity contribution in [3.8, 4) is 16.9 Å². The van der Waals surface area contributed by atoms with Crippen LogP contribution in [0.3, 0.4) is 0 Å². The molecule has 6 heteroatoms. The summed E-state index contributed by atoms with van der Waals surface area (Å²) < 4.78 is 4.21. The topological polar surface area (TPSA) is 52.7 Å². The average molecular weight is 447 g/mol. The number of para-hydroxylation sites is 1. The number of halogens is 1. The summed E-state index contributed by atoms with van der Waals surface area (Å²) in [5.74, 6) is -0.109. The minimum Gasteiger partial charge on any atom is -0.288 e. The SMILES string of the molecule is CCn1ncc(Br)c1C(=O)/C=C/c1cn(-c2ccccc2)nc1-c1ccccc1. The first-order chi connectivity index (χ1) is 14.2. The molecule has 0 N–H and O–H groups in total. The number of aryl methyl sites for hydroxylation is 1. The molecule has 2 heterocycles. The van der Waals surface area contributed by atoms with Crippen LogP contribution in [0.25, 0.3) is 23.0 Å². The van der Waals surface area contributed by atoms with Crippen molar-refractivity contribution < 1.29 is 4.79 Å². The molecule has 0 aliphatic rings. The molecule has 0 saturated heterocycles. The van der Waals surface area contributed by atoms with Gasteiger partial charge in [0.2, 0.25) is 5.78 Å². The van der Waals surface area contributed by atoms with Gasteiger partial charge in [-0.15, -0.1) is 0 Å². The predicted octanol–water partition coefficient (Wildman–Crippen LogP) is 5.41. The van der Waals surface area contributed by atoms with Crippen LogP contribution in [0.15, 0.2) is 83.6 Å². The van der Waals surface area contributed by atoms with E-state index in [0.717, 1.165) is 22.5 Å². The molecule has 144 valence electrons. The van der Waals surface area contributed by atoms with Gasteiger partial charge in [0.15, 0.2) is 0 Å². The maximum Gasteiger partial charge on any atom is 0.205 e. The number of allylic oxidation sites excluding steroid dienone is 1. The Labute approximate surface area is 177 Å². The molecule has 0 amide bonds. The summed E-state index contributed by atoms with van der Waals surface area (Å²) in [6.45, 7) is 2.58. The largest absolute Gasteiger partial charge is 0.288 e. The van der Waals surface area contributed by atoms with Crippen LogP contribution in [0.5, 0.6) is 0 Å². The van der Waals surface area contributed by atoms with Crippen LogP contribution in [0, 0.1) is 0 Å². The van der Waals surface area contributed by atoms with Crippen molar-refractivity contribution in [1.29, 1.82) is 0 Å². The van der Waals surface area contributed by atoms with Crippen LogP contribution >= 0.6 is 15.9 Å². The molecule has 0 bridgehead atoms. The molecule has 0 radical (unpaired) electrons. The molecule has 0 saturated carbocycles. The van der Waals surface area contributed by atoms with E-state index in [2.05, 4.69) is 21.0 Å². The van der Waals surface area contributed by atoms with Gasteiger partial charge >= 0.3 is 0 Å². The second-order valence-corrected chi connectivity index (χ2v) is 7.29. The first-order valence-electron chi connectivity index (χ1n) is 9.31. The maximum atomic E-state index is 12.8. The van der Waals surface area contributed by atoms with Gasteiger partial charge in [0, 0.05) is 23.9 Å². The van der Waals surface area contributed by atoms with Gasteiger partial charge in [-0.05, 0) is 47.1 Å². The number of hydrogen-bond donors (Lipinski definition) is 0. The number of aromatic nitrogens is 4. The van der Waals surface area contributed by atoms with Gasteiger partial charge in [0.05, 0.1) is 22.1 Å². The van der Waals surface area contributed by atoms with Crippen molar-refractivity contribution in [2.45, 2.75) is 13.5 Å². The third kappa shape index (κ3) is 3.98. The van der Waals surface area contributed by atoms with Gasteiger partial charge in [-0.2, -0.15) is 10.2 Å². The average Bonchev–Trinajstić information content (AvgIpc) is 3.37. The molecule has 0 atom stereocenters. The van der Waals surface area contributed by atoms with E-state index < -0.39 is 0 Å². The molecule has 0 unspecified atom stereocenters. The standard InChI is InChI=1S/C23H19BrN4O/c1-2-27-23(20(24)15-25-27)21(29)14-13-18-16-28(19-11-7-4-8-12-19)26-22(18)17-9-5-3-6-10-17/h3-16H,2H2,1H3/b14-13+. The van der Waals surface area contributed by atoms with E-state index >= 15 is 0 Å². The van der Waals surface area contributed by atoms with E-state index in [9.17, 15) is 4.79 Å². The fourth-order valence-corrected chi connectivity index (χ4v) is 3.63. The highest BCUT2D eigenvalue weighted by molar-refractivity contribution is 9.10. The monoisotopic (exact) mass is 446 g/mol. The van der Waals surface area contributed by atoms with Crippen molar-refractivity contribution in [2.24, 2.45) is 0 Å². The van der Waals surface area contributed by atoms with Crippen molar-refractivity contribution in [1.82, 2.24) is 19.6 Å². The zero-order valence-corrected chi connectivity index (χ0v) is 17.5. The molecule has 0 fully saturated rings.